The molecule has 1 aromatic carbocycles. The van der Waals surface area contributed by atoms with Crippen LogP contribution < -0.4 is 14.8 Å². The molecule has 1 aliphatic rings. The molecule has 0 saturated carbocycles. The van der Waals surface area contributed by atoms with Crippen molar-refractivity contribution in [3.8, 4) is 11.5 Å². The van der Waals surface area contributed by atoms with E-state index in [-0.39, 0.29) is 18.4 Å². The average Bonchev–Trinajstić information content (AvgIpc) is 2.51. The number of hydrogen-bond acceptors (Lipinski definition) is 4. The molecule has 0 saturated heterocycles. The fourth-order valence-electron chi connectivity index (χ4n) is 2.29. The standard InChI is InChI=1S/C16H21NO5/c1-11(17-15(18)4-2-3-5-16(19)20)12-6-7-13-14(10-12)22-9-8-21-13/h6-7,10-11H,2-5,8-9H2,1H3,(H,17,18)(H,19,20). The first-order valence-electron chi connectivity index (χ1n) is 7.47. The van der Waals surface area contributed by atoms with Gasteiger partial charge in [-0.3, -0.25) is 9.59 Å². The highest BCUT2D eigenvalue weighted by molar-refractivity contribution is 5.76. The maximum absolute atomic E-state index is 11.8. The summed E-state index contributed by atoms with van der Waals surface area (Å²) in [6.45, 7) is 2.98. The van der Waals surface area contributed by atoms with E-state index in [1.165, 1.54) is 0 Å². The van der Waals surface area contributed by atoms with Crippen molar-refractivity contribution in [2.75, 3.05) is 13.2 Å². The maximum atomic E-state index is 11.8. The van der Waals surface area contributed by atoms with Crippen LogP contribution in [0.15, 0.2) is 18.2 Å². The minimum absolute atomic E-state index is 0.0761. The molecule has 6 heteroatoms. The van der Waals surface area contributed by atoms with Crippen LogP contribution in [-0.4, -0.2) is 30.2 Å². The van der Waals surface area contributed by atoms with Gasteiger partial charge in [0.25, 0.3) is 0 Å². The number of carboxylic acids is 1. The summed E-state index contributed by atoms with van der Waals surface area (Å²) >= 11 is 0. The normalized spacial score (nSPS) is 14.2. The predicted molar refractivity (Wildman–Crippen MR) is 80.1 cm³/mol. The van der Waals surface area contributed by atoms with E-state index in [4.69, 9.17) is 14.6 Å². The van der Waals surface area contributed by atoms with Gasteiger partial charge in [-0.1, -0.05) is 6.07 Å². The average molecular weight is 307 g/mol. The van der Waals surface area contributed by atoms with Gasteiger partial charge in [0.1, 0.15) is 13.2 Å². The van der Waals surface area contributed by atoms with Gasteiger partial charge in [-0.25, -0.2) is 0 Å². The molecule has 0 radical (unpaired) electrons. The molecule has 0 bridgehead atoms. The van der Waals surface area contributed by atoms with Crippen molar-refractivity contribution >= 4 is 11.9 Å². The number of carboxylic acid groups (broad SMARTS) is 1. The van der Waals surface area contributed by atoms with E-state index in [2.05, 4.69) is 5.32 Å². The molecule has 0 spiro atoms. The van der Waals surface area contributed by atoms with E-state index in [1.54, 1.807) is 0 Å². The van der Waals surface area contributed by atoms with E-state index in [0.717, 1.165) is 11.3 Å². The molecular formula is C16H21NO5. The minimum Gasteiger partial charge on any atom is -0.486 e. The smallest absolute Gasteiger partial charge is 0.303 e. The van der Waals surface area contributed by atoms with E-state index in [9.17, 15) is 9.59 Å². The second-order valence-corrected chi connectivity index (χ2v) is 5.29. The number of fused-ring (bicyclic) bond motifs is 1. The fraction of sp³-hybridized carbons (Fsp3) is 0.500. The molecule has 6 nitrogen and oxygen atoms in total. The van der Waals surface area contributed by atoms with Gasteiger partial charge in [0.2, 0.25) is 5.91 Å². The Bertz CT molecular complexity index is 543. The molecular weight excluding hydrogens is 286 g/mol. The second kappa shape index (κ2) is 7.68. The zero-order valence-electron chi connectivity index (χ0n) is 12.6. The molecule has 120 valence electrons. The topological polar surface area (TPSA) is 84.9 Å². The monoisotopic (exact) mass is 307 g/mol. The van der Waals surface area contributed by atoms with E-state index < -0.39 is 5.97 Å². The first-order valence-corrected chi connectivity index (χ1v) is 7.47. The molecule has 22 heavy (non-hydrogen) atoms. The Morgan fingerprint density at radius 2 is 1.86 bits per heavy atom. The third-order valence-corrected chi connectivity index (χ3v) is 3.49. The van der Waals surface area contributed by atoms with Gasteiger partial charge < -0.3 is 19.9 Å². The number of nitrogens with one attached hydrogen (secondary N) is 1. The summed E-state index contributed by atoms with van der Waals surface area (Å²) < 4.78 is 11.0. The molecule has 1 unspecified atom stereocenters. The number of amides is 1. The number of aliphatic carboxylic acids is 1. The van der Waals surface area contributed by atoms with Crippen LogP contribution in [0.1, 0.15) is 44.2 Å². The quantitative estimate of drug-likeness (QED) is 0.755. The largest absolute Gasteiger partial charge is 0.486 e. The highest BCUT2D eigenvalue weighted by atomic mass is 16.6. The van der Waals surface area contributed by atoms with Crippen LogP contribution in [0.4, 0.5) is 0 Å². The summed E-state index contributed by atoms with van der Waals surface area (Å²) in [6, 6.07) is 5.49. The van der Waals surface area contributed by atoms with Gasteiger partial charge in [0, 0.05) is 12.8 Å². The summed E-state index contributed by atoms with van der Waals surface area (Å²) in [6.07, 6.45) is 1.53. The zero-order valence-corrected chi connectivity index (χ0v) is 12.6. The van der Waals surface area contributed by atoms with Crippen molar-refractivity contribution < 1.29 is 24.2 Å². The van der Waals surface area contributed by atoms with E-state index >= 15 is 0 Å². The molecule has 2 N–H and O–H groups in total. The van der Waals surface area contributed by atoms with Crippen LogP contribution in [0.3, 0.4) is 0 Å². The van der Waals surface area contributed by atoms with Gasteiger partial charge in [-0.15, -0.1) is 0 Å². The number of carbonyl (C=O) groups excluding carboxylic acids is 1. The highest BCUT2D eigenvalue weighted by Gasteiger charge is 2.15. The van der Waals surface area contributed by atoms with Gasteiger partial charge in [-0.05, 0) is 37.5 Å². The minimum atomic E-state index is -0.829. The van der Waals surface area contributed by atoms with Crippen LogP contribution >= 0.6 is 0 Å². The molecule has 1 heterocycles. The number of rotatable bonds is 7. The Labute approximate surface area is 129 Å². The maximum Gasteiger partial charge on any atom is 0.303 e. The van der Waals surface area contributed by atoms with Gasteiger partial charge in [0.15, 0.2) is 11.5 Å². The van der Waals surface area contributed by atoms with Crippen LogP contribution in [0.25, 0.3) is 0 Å². The van der Waals surface area contributed by atoms with Crippen molar-refractivity contribution in [3.05, 3.63) is 23.8 Å². The fourth-order valence-corrected chi connectivity index (χ4v) is 2.29. The van der Waals surface area contributed by atoms with Crippen LogP contribution in [0, 0.1) is 0 Å². The number of carbonyl (C=O) groups is 2. The molecule has 0 aliphatic carbocycles. The van der Waals surface area contributed by atoms with E-state index in [0.29, 0.717) is 38.2 Å². The molecule has 0 aromatic heterocycles. The molecule has 1 atom stereocenters. The number of hydrogen-bond donors (Lipinski definition) is 2. The van der Waals surface area contributed by atoms with Crippen molar-refractivity contribution in [2.24, 2.45) is 0 Å². The van der Waals surface area contributed by atoms with Gasteiger partial charge >= 0.3 is 5.97 Å². The predicted octanol–water partition coefficient (Wildman–Crippen LogP) is 2.28. The molecule has 1 amide bonds. The zero-order chi connectivity index (χ0) is 15.9. The molecule has 1 aromatic rings. The lowest BCUT2D eigenvalue weighted by Gasteiger charge is -2.21. The van der Waals surface area contributed by atoms with E-state index in [1.807, 2.05) is 25.1 Å². The molecule has 2 rings (SSSR count). The lowest BCUT2D eigenvalue weighted by atomic mass is 10.1. The number of benzene rings is 1. The first-order chi connectivity index (χ1) is 10.6. The second-order valence-electron chi connectivity index (χ2n) is 5.29. The summed E-state index contributed by atoms with van der Waals surface area (Å²) in [5.41, 5.74) is 0.947. The molecule has 1 aliphatic heterocycles. The SMILES string of the molecule is CC(NC(=O)CCCCC(=O)O)c1ccc2c(c1)OCCO2. The Hall–Kier alpha value is -2.24. The number of ether oxygens (including phenoxy) is 2. The third-order valence-electron chi connectivity index (χ3n) is 3.49. The lowest BCUT2D eigenvalue weighted by molar-refractivity contribution is -0.137. The Morgan fingerprint density at radius 1 is 1.18 bits per heavy atom. The van der Waals surface area contributed by atoms with Gasteiger partial charge in [-0.2, -0.15) is 0 Å². The molecule has 0 fully saturated rings. The highest BCUT2D eigenvalue weighted by Crippen LogP contribution is 2.32. The van der Waals surface area contributed by atoms with Crippen molar-refractivity contribution in [2.45, 2.75) is 38.6 Å². The van der Waals surface area contributed by atoms with Gasteiger partial charge in [0.05, 0.1) is 6.04 Å². The summed E-state index contributed by atoms with van der Waals surface area (Å²) in [5.74, 6) is 0.520. The van der Waals surface area contributed by atoms with Crippen molar-refractivity contribution in [3.63, 3.8) is 0 Å². The summed E-state index contributed by atoms with van der Waals surface area (Å²) in [5, 5.41) is 11.5. The van der Waals surface area contributed by atoms with Crippen LogP contribution in [0.2, 0.25) is 0 Å². The number of unbranched alkanes of at least 4 members (excludes halogenated alkanes) is 1. The third kappa shape index (κ3) is 4.65. The Kier molecular flexibility index (Phi) is 5.63. The van der Waals surface area contributed by atoms with Crippen LogP contribution in [0.5, 0.6) is 11.5 Å². The Balaban J connectivity index is 1.82. The van der Waals surface area contributed by atoms with Crippen molar-refractivity contribution in [1.82, 2.24) is 5.32 Å². The summed E-state index contributed by atoms with van der Waals surface area (Å²) in [7, 11) is 0. The van der Waals surface area contributed by atoms with Crippen LogP contribution in [-0.2, 0) is 9.59 Å². The Morgan fingerprint density at radius 3 is 2.59 bits per heavy atom. The van der Waals surface area contributed by atoms with Crippen molar-refractivity contribution in [1.29, 1.82) is 0 Å². The summed E-state index contributed by atoms with van der Waals surface area (Å²) in [4.78, 5) is 22.2. The lowest BCUT2D eigenvalue weighted by Crippen LogP contribution is -2.26. The first kappa shape index (κ1) is 16.1.